The maximum absolute atomic E-state index is 13.2. The monoisotopic (exact) mass is 423 g/mol. The molecule has 2 aromatic carbocycles. The fourth-order valence-corrected chi connectivity index (χ4v) is 3.57. The van der Waals surface area contributed by atoms with Crippen LogP contribution in [0.1, 0.15) is 34.6 Å². The minimum Gasteiger partial charge on any atom is -0.345 e. The molecule has 0 aliphatic carbocycles. The van der Waals surface area contributed by atoms with Crippen LogP contribution in [0.3, 0.4) is 0 Å². The molecule has 2 aromatic heterocycles. The zero-order valence-corrected chi connectivity index (χ0v) is 17.1. The molecular formula is C22H19ClFN5O. The Balaban J connectivity index is 1.53. The standard InChI is InChI=1S/C22H19ClFN5O/c1-14(16-3-7-18(8-4-16)28-12-11-25-13-28)26-22(30)20-15(2)27-29(21(20)23)19-9-5-17(24)6-10-19/h3-14H,1-2H3,(H,26,30). The first-order valence-corrected chi connectivity index (χ1v) is 9.72. The third kappa shape index (κ3) is 3.84. The lowest BCUT2D eigenvalue weighted by atomic mass is 10.1. The largest absolute Gasteiger partial charge is 0.345 e. The van der Waals surface area contributed by atoms with Gasteiger partial charge in [-0.2, -0.15) is 5.10 Å². The van der Waals surface area contributed by atoms with Gasteiger partial charge < -0.3 is 9.88 Å². The lowest BCUT2D eigenvalue weighted by molar-refractivity contribution is 0.0939. The lowest BCUT2D eigenvalue weighted by Crippen LogP contribution is -2.27. The van der Waals surface area contributed by atoms with Crippen molar-refractivity contribution < 1.29 is 9.18 Å². The predicted octanol–water partition coefficient (Wildman–Crippen LogP) is 4.65. The van der Waals surface area contributed by atoms with Crippen LogP contribution in [0.15, 0.2) is 67.3 Å². The van der Waals surface area contributed by atoms with Crippen LogP contribution in [-0.4, -0.2) is 25.2 Å². The van der Waals surface area contributed by atoms with E-state index >= 15 is 0 Å². The van der Waals surface area contributed by atoms with Crippen LogP contribution >= 0.6 is 11.6 Å². The lowest BCUT2D eigenvalue weighted by Gasteiger charge is -2.15. The van der Waals surface area contributed by atoms with Crippen LogP contribution in [0.5, 0.6) is 0 Å². The molecule has 1 amide bonds. The maximum atomic E-state index is 13.2. The van der Waals surface area contributed by atoms with E-state index in [4.69, 9.17) is 11.6 Å². The van der Waals surface area contributed by atoms with Gasteiger partial charge in [-0.25, -0.2) is 14.1 Å². The van der Waals surface area contributed by atoms with Gasteiger partial charge in [-0.3, -0.25) is 4.79 Å². The van der Waals surface area contributed by atoms with E-state index in [1.165, 1.54) is 16.8 Å². The van der Waals surface area contributed by atoms with Gasteiger partial charge >= 0.3 is 0 Å². The van der Waals surface area contributed by atoms with Crippen LogP contribution in [0.25, 0.3) is 11.4 Å². The van der Waals surface area contributed by atoms with Crippen molar-refractivity contribution in [3.05, 3.63) is 95.0 Å². The van der Waals surface area contributed by atoms with Gasteiger partial charge in [0.25, 0.3) is 5.91 Å². The summed E-state index contributed by atoms with van der Waals surface area (Å²) in [5.74, 6) is -0.679. The molecule has 0 bridgehead atoms. The van der Waals surface area contributed by atoms with E-state index in [0.29, 0.717) is 16.9 Å². The van der Waals surface area contributed by atoms with Crippen LogP contribution in [0.2, 0.25) is 5.15 Å². The molecule has 0 fully saturated rings. The number of aryl methyl sites for hydroxylation is 1. The number of carbonyl (C=O) groups is 1. The fourth-order valence-electron chi connectivity index (χ4n) is 3.21. The number of nitrogens with one attached hydrogen (secondary N) is 1. The van der Waals surface area contributed by atoms with E-state index in [0.717, 1.165) is 11.3 Å². The Morgan fingerprint density at radius 2 is 1.77 bits per heavy atom. The molecule has 0 saturated carbocycles. The predicted molar refractivity (Wildman–Crippen MR) is 113 cm³/mol. The summed E-state index contributed by atoms with van der Waals surface area (Å²) in [5, 5.41) is 7.49. The maximum Gasteiger partial charge on any atom is 0.256 e. The molecule has 1 unspecified atom stereocenters. The van der Waals surface area contributed by atoms with Crippen LogP contribution in [-0.2, 0) is 0 Å². The minimum absolute atomic E-state index is 0.180. The Morgan fingerprint density at radius 1 is 1.10 bits per heavy atom. The van der Waals surface area contributed by atoms with E-state index in [9.17, 15) is 9.18 Å². The van der Waals surface area contributed by atoms with Crippen molar-refractivity contribution in [1.82, 2.24) is 24.6 Å². The van der Waals surface area contributed by atoms with Crippen LogP contribution in [0, 0.1) is 12.7 Å². The van der Waals surface area contributed by atoms with Gasteiger partial charge in [-0.15, -0.1) is 0 Å². The Labute approximate surface area is 177 Å². The molecule has 4 rings (SSSR count). The molecule has 30 heavy (non-hydrogen) atoms. The van der Waals surface area contributed by atoms with Crippen molar-refractivity contribution in [2.24, 2.45) is 0 Å². The zero-order valence-electron chi connectivity index (χ0n) is 16.4. The molecule has 6 nitrogen and oxygen atoms in total. The van der Waals surface area contributed by atoms with Crippen molar-refractivity contribution >= 4 is 17.5 Å². The average molecular weight is 424 g/mol. The summed E-state index contributed by atoms with van der Waals surface area (Å²) in [4.78, 5) is 16.9. The van der Waals surface area contributed by atoms with Gasteiger partial charge in [0, 0.05) is 18.1 Å². The summed E-state index contributed by atoms with van der Waals surface area (Å²) < 4.78 is 16.5. The number of hydrogen-bond acceptors (Lipinski definition) is 3. The smallest absolute Gasteiger partial charge is 0.256 e. The molecule has 0 aliphatic rings. The summed E-state index contributed by atoms with van der Waals surface area (Å²) in [7, 11) is 0. The number of rotatable bonds is 5. The van der Waals surface area contributed by atoms with Gasteiger partial charge in [0.05, 0.1) is 29.3 Å². The van der Waals surface area contributed by atoms with Gasteiger partial charge in [0.2, 0.25) is 0 Å². The molecule has 4 aromatic rings. The van der Waals surface area contributed by atoms with E-state index in [1.54, 1.807) is 31.6 Å². The highest BCUT2D eigenvalue weighted by Crippen LogP contribution is 2.25. The Bertz CT molecular complexity index is 1170. The van der Waals surface area contributed by atoms with E-state index in [2.05, 4.69) is 15.4 Å². The quantitative estimate of drug-likeness (QED) is 0.508. The summed E-state index contributed by atoms with van der Waals surface area (Å²) in [6.07, 6.45) is 5.31. The van der Waals surface area contributed by atoms with Crippen molar-refractivity contribution in [2.45, 2.75) is 19.9 Å². The minimum atomic E-state index is -0.357. The highest BCUT2D eigenvalue weighted by atomic mass is 35.5. The zero-order chi connectivity index (χ0) is 21.3. The Hall–Kier alpha value is -3.45. The van der Waals surface area contributed by atoms with Crippen molar-refractivity contribution in [3.63, 3.8) is 0 Å². The van der Waals surface area contributed by atoms with Gasteiger partial charge in [-0.05, 0) is 55.8 Å². The molecule has 0 aliphatic heterocycles. The molecule has 152 valence electrons. The van der Waals surface area contributed by atoms with E-state index in [1.807, 2.05) is 42.0 Å². The third-order valence-electron chi connectivity index (χ3n) is 4.85. The first-order valence-electron chi connectivity index (χ1n) is 9.34. The van der Waals surface area contributed by atoms with Gasteiger partial charge in [0.1, 0.15) is 11.0 Å². The number of aromatic nitrogens is 4. The molecule has 0 saturated heterocycles. The van der Waals surface area contributed by atoms with Crippen LogP contribution in [0.4, 0.5) is 4.39 Å². The Kier molecular flexibility index (Phi) is 5.37. The molecule has 0 radical (unpaired) electrons. The van der Waals surface area contributed by atoms with Gasteiger partial charge in [0.15, 0.2) is 0 Å². The number of nitrogens with zero attached hydrogens (tertiary/aromatic N) is 4. The summed E-state index contributed by atoms with van der Waals surface area (Å²) in [6.45, 7) is 3.61. The van der Waals surface area contributed by atoms with Crippen molar-refractivity contribution in [3.8, 4) is 11.4 Å². The number of halogens is 2. The first-order chi connectivity index (χ1) is 14.4. The fraction of sp³-hybridized carbons (Fsp3) is 0.136. The molecule has 0 spiro atoms. The first kappa shape index (κ1) is 19.8. The van der Waals surface area contributed by atoms with E-state index in [-0.39, 0.29) is 22.9 Å². The summed E-state index contributed by atoms with van der Waals surface area (Å²) in [5.41, 5.74) is 3.29. The van der Waals surface area contributed by atoms with Crippen molar-refractivity contribution in [1.29, 1.82) is 0 Å². The number of amides is 1. The number of hydrogen-bond donors (Lipinski definition) is 1. The highest BCUT2D eigenvalue weighted by Gasteiger charge is 2.22. The number of benzene rings is 2. The van der Waals surface area contributed by atoms with Crippen molar-refractivity contribution in [2.75, 3.05) is 0 Å². The normalized spacial score (nSPS) is 12.0. The SMILES string of the molecule is Cc1nn(-c2ccc(F)cc2)c(Cl)c1C(=O)NC(C)c1ccc(-n2ccnc2)cc1. The number of imidazole rings is 1. The number of carbonyl (C=O) groups excluding carboxylic acids is 1. The molecule has 8 heteroatoms. The molecule has 1 atom stereocenters. The summed E-state index contributed by atoms with van der Waals surface area (Å²) in [6, 6.07) is 13.3. The highest BCUT2D eigenvalue weighted by molar-refractivity contribution is 6.33. The molecule has 1 N–H and O–H groups in total. The topological polar surface area (TPSA) is 64.7 Å². The third-order valence-corrected chi connectivity index (χ3v) is 5.19. The molecular weight excluding hydrogens is 405 g/mol. The second-order valence-electron chi connectivity index (χ2n) is 6.90. The average Bonchev–Trinajstić information content (AvgIpc) is 3.37. The Morgan fingerprint density at radius 3 is 2.40 bits per heavy atom. The summed E-state index contributed by atoms with van der Waals surface area (Å²) >= 11 is 6.44. The molecule has 2 heterocycles. The van der Waals surface area contributed by atoms with E-state index < -0.39 is 0 Å². The van der Waals surface area contributed by atoms with Gasteiger partial charge in [-0.1, -0.05) is 23.7 Å². The van der Waals surface area contributed by atoms with Crippen LogP contribution < -0.4 is 5.32 Å². The second-order valence-corrected chi connectivity index (χ2v) is 7.25. The second kappa shape index (κ2) is 8.12.